The molecule has 0 unspecified atom stereocenters. The molecule has 3 nitrogen and oxygen atoms in total. The van der Waals surface area contributed by atoms with Crippen LogP contribution < -0.4 is 11.1 Å². The van der Waals surface area contributed by atoms with Crippen LogP contribution in [0.15, 0.2) is 0 Å². The summed E-state index contributed by atoms with van der Waals surface area (Å²) in [5.74, 6) is 0.861. The average Bonchev–Trinajstić information content (AvgIpc) is 1.96. The highest BCUT2D eigenvalue weighted by atomic mass is 79.9. The summed E-state index contributed by atoms with van der Waals surface area (Å²) in [6.07, 6.45) is 1.00. The number of carbonyl (C=O) groups is 1. The molecule has 82 valence electrons. The van der Waals surface area contributed by atoms with Gasteiger partial charge in [-0.15, -0.1) is 34.0 Å². The van der Waals surface area contributed by atoms with Crippen molar-refractivity contribution in [1.29, 1.82) is 0 Å². The molecule has 0 aliphatic rings. The molecule has 0 atom stereocenters. The molecule has 6 heteroatoms. The van der Waals surface area contributed by atoms with Gasteiger partial charge >= 0.3 is 0 Å². The van der Waals surface area contributed by atoms with Crippen LogP contribution in [0.1, 0.15) is 13.3 Å². The maximum atomic E-state index is 10.4. The van der Waals surface area contributed by atoms with E-state index in [2.05, 4.69) is 5.32 Å². The molecule has 0 saturated heterocycles. The van der Waals surface area contributed by atoms with Gasteiger partial charge in [0.05, 0.1) is 0 Å². The van der Waals surface area contributed by atoms with Crippen LogP contribution in [0.2, 0.25) is 0 Å². The van der Waals surface area contributed by atoms with Crippen molar-refractivity contribution in [1.82, 2.24) is 5.32 Å². The zero-order chi connectivity index (χ0) is 8.53. The summed E-state index contributed by atoms with van der Waals surface area (Å²) in [6, 6.07) is 0. The Labute approximate surface area is 105 Å². The molecule has 0 aromatic heterocycles. The van der Waals surface area contributed by atoms with E-state index in [-0.39, 0.29) is 39.1 Å². The highest BCUT2D eigenvalue weighted by molar-refractivity contribution is 8.93. The van der Waals surface area contributed by atoms with E-state index in [1.807, 2.05) is 0 Å². The molecule has 0 amide bonds. The van der Waals surface area contributed by atoms with Crippen LogP contribution in [0, 0.1) is 0 Å². The van der Waals surface area contributed by atoms with Crippen molar-refractivity contribution in [2.75, 3.05) is 25.4 Å². The van der Waals surface area contributed by atoms with Gasteiger partial charge in [0.25, 0.3) is 0 Å². The quantitative estimate of drug-likeness (QED) is 0.718. The second-order valence-electron chi connectivity index (χ2n) is 2.23. The van der Waals surface area contributed by atoms with Gasteiger partial charge in [0, 0.05) is 19.2 Å². The van der Waals surface area contributed by atoms with E-state index in [1.54, 1.807) is 6.92 Å². The van der Waals surface area contributed by atoms with E-state index >= 15 is 0 Å². The lowest BCUT2D eigenvalue weighted by Gasteiger charge is -2.00. The molecule has 0 bridgehead atoms. The minimum atomic E-state index is 0. The highest BCUT2D eigenvalue weighted by Gasteiger charge is 1.92. The molecule has 0 aromatic carbocycles. The maximum absolute atomic E-state index is 10.4. The molecule has 0 heterocycles. The fraction of sp³-hybridized carbons (Fsp3) is 0.857. The summed E-state index contributed by atoms with van der Waals surface area (Å²) in [5, 5.41) is 3.37. The lowest BCUT2D eigenvalue weighted by atomic mass is 10.4. The second kappa shape index (κ2) is 15.4. The van der Waals surface area contributed by atoms with Gasteiger partial charge in [-0.3, -0.25) is 4.79 Å². The van der Waals surface area contributed by atoms with E-state index in [1.165, 1.54) is 11.8 Å². The van der Waals surface area contributed by atoms with Crippen molar-refractivity contribution in [3.8, 4) is 0 Å². The number of nitrogens with two attached hydrogens (primary N) is 1. The first kappa shape index (κ1) is 19.5. The SMILES string of the molecule is Br.Br.CC(=O)SCCNCCCN. The Morgan fingerprint density at radius 1 is 1.38 bits per heavy atom. The van der Waals surface area contributed by atoms with Crippen molar-refractivity contribution < 1.29 is 4.79 Å². The van der Waals surface area contributed by atoms with Crippen molar-refractivity contribution in [2.45, 2.75) is 13.3 Å². The summed E-state index contributed by atoms with van der Waals surface area (Å²) >= 11 is 1.36. The number of halogens is 2. The van der Waals surface area contributed by atoms with Gasteiger partial charge in [0.2, 0.25) is 0 Å². The molecule has 3 N–H and O–H groups in total. The summed E-state index contributed by atoms with van der Waals surface area (Å²) < 4.78 is 0. The van der Waals surface area contributed by atoms with Crippen LogP contribution in [0.4, 0.5) is 0 Å². The van der Waals surface area contributed by atoms with Crippen LogP contribution in [0.5, 0.6) is 0 Å². The summed E-state index contributed by atoms with van der Waals surface area (Å²) in [7, 11) is 0. The zero-order valence-electron chi connectivity index (χ0n) is 7.75. The van der Waals surface area contributed by atoms with Crippen molar-refractivity contribution in [3.63, 3.8) is 0 Å². The first-order chi connectivity index (χ1) is 5.27. The van der Waals surface area contributed by atoms with Gasteiger partial charge < -0.3 is 11.1 Å². The van der Waals surface area contributed by atoms with Crippen molar-refractivity contribution in [3.05, 3.63) is 0 Å². The Hall–Kier alpha value is 0.900. The van der Waals surface area contributed by atoms with Gasteiger partial charge in [-0.1, -0.05) is 11.8 Å². The molecule has 0 aromatic rings. The lowest BCUT2D eigenvalue weighted by Crippen LogP contribution is -2.21. The first-order valence-corrected chi connectivity index (χ1v) is 4.80. The molecule has 0 aliphatic carbocycles. The summed E-state index contributed by atoms with van der Waals surface area (Å²) in [4.78, 5) is 10.4. The van der Waals surface area contributed by atoms with Crippen LogP contribution in [0.25, 0.3) is 0 Å². The molecule has 0 saturated carbocycles. The molecule has 0 aliphatic heterocycles. The third kappa shape index (κ3) is 19.3. The minimum absolute atomic E-state index is 0. The molecular formula is C7H18Br2N2OS. The number of thioether (sulfide) groups is 1. The van der Waals surface area contributed by atoms with Crippen LogP contribution >= 0.6 is 45.7 Å². The predicted octanol–water partition coefficient (Wildman–Crippen LogP) is 1.36. The van der Waals surface area contributed by atoms with Crippen LogP contribution in [-0.4, -0.2) is 30.5 Å². The predicted molar refractivity (Wildman–Crippen MR) is 70.3 cm³/mol. The van der Waals surface area contributed by atoms with Crippen LogP contribution in [0.3, 0.4) is 0 Å². The third-order valence-corrected chi connectivity index (χ3v) is 1.96. The van der Waals surface area contributed by atoms with Crippen molar-refractivity contribution in [2.24, 2.45) is 5.73 Å². The van der Waals surface area contributed by atoms with E-state index < -0.39 is 0 Å². The molecule has 0 rings (SSSR count). The van der Waals surface area contributed by atoms with E-state index in [0.717, 1.165) is 31.8 Å². The standard InChI is InChI=1S/C7H16N2OS.2BrH/c1-7(10)11-6-5-9-4-2-3-8;;/h9H,2-6,8H2,1H3;2*1H. The normalized spacial score (nSPS) is 8.46. The van der Waals surface area contributed by atoms with E-state index in [0.29, 0.717) is 0 Å². The Kier molecular flexibility index (Phi) is 23.0. The number of rotatable bonds is 6. The van der Waals surface area contributed by atoms with Gasteiger partial charge in [-0.25, -0.2) is 0 Å². The topological polar surface area (TPSA) is 55.1 Å². The fourth-order valence-corrected chi connectivity index (χ4v) is 1.15. The molecule has 0 spiro atoms. The summed E-state index contributed by atoms with van der Waals surface area (Å²) in [6.45, 7) is 4.16. The second-order valence-corrected chi connectivity index (χ2v) is 3.50. The van der Waals surface area contributed by atoms with Crippen LogP contribution in [-0.2, 0) is 4.79 Å². The minimum Gasteiger partial charge on any atom is -0.330 e. The average molecular weight is 338 g/mol. The molecule has 0 fully saturated rings. The highest BCUT2D eigenvalue weighted by Crippen LogP contribution is 1.97. The largest absolute Gasteiger partial charge is 0.330 e. The zero-order valence-corrected chi connectivity index (χ0v) is 12.0. The molecule has 0 radical (unpaired) electrons. The number of nitrogens with one attached hydrogen (secondary N) is 1. The first-order valence-electron chi connectivity index (χ1n) is 3.81. The fourth-order valence-electron chi connectivity index (χ4n) is 0.619. The van der Waals surface area contributed by atoms with Gasteiger partial charge in [0.15, 0.2) is 5.12 Å². The van der Waals surface area contributed by atoms with Gasteiger partial charge in [0.1, 0.15) is 0 Å². The van der Waals surface area contributed by atoms with E-state index in [9.17, 15) is 4.79 Å². The number of hydrogen-bond donors (Lipinski definition) is 2. The Morgan fingerprint density at radius 2 is 2.00 bits per heavy atom. The number of carbonyl (C=O) groups excluding carboxylic acids is 1. The number of hydrogen-bond acceptors (Lipinski definition) is 4. The smallest absolute Gasteiger partial charge is 0.185 e. The van der Waals surface area contributed by atoms with Crippen molar-refractivity contribution >= 4 is 50.8 Å². The van der Waals surface area contributed by atoms with E-state index in [4.69, 9.17) is 5.73 Å². The molecule has 13 heavy (non-hydrogen) atoms. The Bertz CT molecular complexity index is 117. The lowest BCUT2D eigenvalue weighted by molar-refractivity contribution is -0.109. The Balaban J connectivity index is -0.000000500. The molecular weight excluding hydrogens is 320 g/mol. The summed E-state index contributed by atoms with van der Waals surface area (Å²) in [5.41, 5.74) is 5.29. The third-order valence-electron chi connectivity index (χ3n) is 1.14. The van der Waals surface area contributed by atoms with Gasteiger partial charge in [-0.05, 0) is 19.5 Å². The maximum Gasteiger partial charge on any atom is 0.185 e. The van der Waals surface area contributed by atoms with Gasteiger partial charge in [-0.2, -0.15) is 0 Å². The Morgan fingerprint density at radius 3 is 2.46 bits per heavy atom. The monoisotopic (exact) mass is 336 g/mol.